The summed E-state index contributed by atoms with van der Waals surface area (Å²) in [6, 6.07) is 14.6. The maximum absolute atomic E-state index is 15.3. The Morgan fingerprint density at radius 2 is 1.48 bits per heavy atom. The Kier molecular flexibility index (Phi) is 9.71. The van der Waals surface area contributed by atoms with E-state index in [0.717, 1.165) is 47.3 Å². The molecular weight excluding hydrogens is 696 g/mol. The summed E-state index contributed by atoms with van der Waals surface area (Å²) in [5, 5.41) is 9.74. The molecule has 262 valence electrons. The van der Waals surface area contributed by atoms with E-state index in [2.05, 4.69) is 6.07 Å². The van der Waals surface area contributed by atoms with E-state index in [-0.39, 0.29) is 22.8 Å². The third-order valence-corrected chi connectivity index (χ3v) is 10.7. The molecular formula is C37H33ClF4N2O5S. The number of carboxylic acid groups (broad SMARTS) is 1. The molecule has 0 radical (unpaired) electrons. The lowest BCUT2D eigenvalue weighted by Gasteiger charge is -2.26. The van der Waals surface area contributed by atoms with Crippen LogP contribution in [0.1, 0.15) is 86.8 Å². The van der Waals surface area contributed by atoms with Crippen LogP contribution in [0.15, 0.2) is 54.6 Å². The first-order valence-electron chi connectivity index (χ1n) is 16.0. The molecule has 7 nitrogen and oxygen atoms in total. The highest BCUT2D eigenvalue weighted by Crippen LogP contribution is 2.45. The van der Waals surface area contributed by atoms with Crippen molar-refractivity contribution < 1.29 is 40.7 Å². The number of anilines is 2. The molecule has 0 spiro atoms. The van der Waals surface area contributed by atoms with Crippen molar-refractivity contribution in [3.63, 3.8) is 0 Å². The quantitative estimate of drug-likeness (QED) is 0.112. The first-order valence-corrected chi connectivity index (χ1v) is 18.0. The molecule has 4 aromatic carbocycles. The van der Waals surface area contributed by atoms with Gasteiger partial charge in [-0.3, -0.25) is 9.52 Å². The van der Waals surface area contributed by atoms with E-state index in [1.54, 1.807) is 18.6 Å². The van der Waals surface area contributed by atoms with Gasteiger partial charge < -0.3 is 10.0 Å². The first kappa shape index (κ1) is 35.4. The van der Waals surface area contributed by atoms with Crippen molar-refractivity contribution in [3.8, 4) is 0 Å². The summed E-state index contributed by atoms with van der Waals surface area (Å²) < 4.78 is 89.0. The summed E-state index contributed by atoms with van der Waals surface area (Å²) in [6.07, 6.45) is 3.57. The number of hydrogen-bond donors (Lipinski definition) is 2. The van der Waals surface area contributed by atoms with Gasteiger partial charge in [0, 0.05) is 22.7 Å². The van der Waals surface area contributed by atoms with Crippen LogP contribution in [0.25, 0.3) is 0 Å². The molecule has 2 N–H and O–H groups in total. The molecule has 50 heavy (non-hydrogen) atoms. The van der Waals surface area contributed by atoms with Crippen LogP contribution in [0.3, 0.4) is 0 Å². The standard InChI is InChI=1S/C37H33ClF4N2O5S/c1-19-12-25(37(46)47)10-11-30(19)44(17-21-13-26(22-6-7-22)15-27(14-21)23-8-9-23)31(45)18-50(48,49)43-36-34(41)32(39)28(33(40)35(36)42)16-24-4-3-5-29(38)20(24)2/h3-5,10-15,22-23,43H,6-9,16-18H2,1-2H3,(H,46,47). The molecule has 0 unspecified atom stereocenters. The van der Waals surface area contributed by atoms with Gasteiger partial charge in [0.2, 0.25) is 15.9 Å². The van der Waals surface area contributed by atoms with E-state index in [0.29, 0.717) is 28.5 Å². The number of halogens is 5. The monoisotopic (exact) mass is 728 g/mol. The minimum Gasteiger partial charge on any atom is -0.478 e. The number of benzene rings is 4. The van der Waals surface area contributed by atoms with Crippen LogP contribution >= 0.6 is 11.6 Å². The van der Waals surface area contributed by atoms with Gasteiger partial charge in [-0.25, -0.2) is 30.8 Å². The lowest BCUT2D eigenvalue weighted by atomic mass is 9.99. The average molecular weight is 729 g/mol. The smallest absolute Gasteiger partial charge is 0.335 e. The van der Waals surface area contributed by atoms with Gasteiger partial charge in [0.25, 0.3) is 0 Å². The minimum atomic E-state index is -4.97. The molecule has 2 aliphatic carbocycles. The van der Waals surface area contributed by atoms with Crippen molar-refractivity contribution in [1.82, 2.24) is 0 Å². The van der Waals surface area contributed by atoms with Gasteiger partial charge in [0.1, 0.15) is 11.4 Å². The minimum absolute atomic E-state index is 0.0522. The number of carbonyl (C=O) groups excluding carboxylic acids is 1. The second-order valence-corrected chi connectivity index (χ2v) is 15.1. The summed E-state index contributed by atoms with van der Waals surface area (Å²) in [5.41, 5.74) is 1.66. The number of carboxylic acids is 1. The fourth-order valence-corrected chi connectivity index (χ4v) is 7.35. The van der Waals surface area contributed by atoms with Gasteiger partial charge in [-0.1, -0.05) is 41.9 Å². The predicted molar refractivity (Wildman–Crippen MR) is 182 cm³/mol. The van der Waals surface area contributed by atoms with Crippen LogP contribution in [0.2, 0.25) is 5.02 Å². The molecule has 2 aliphatic rings. The van der Waals surface area contributed by atoms with E-state index < -0.39 is 68.6 Å². The zero-order chi connectivity index (χ0) is 36.1. The highest BCUT2D eigenvalue weighted by atomic mass is 35.5. The van der Waals surface area contributed by atoms with Gasteiger partial charge in [-0.2, -0.15) is 0 Å². The van der Waals surface area contributed by atoms with Crippen molar-refractivity contribution in [2.24, 2.45) is 0 Å². The molecule has 0 bridgehead atoms. The van der Waals surface area contributed by atoms with Crippen molar-refractivity contribution >= 4 is 44.9 Å². The molecule has 0 aliphatic heterocycles. The zero-order valence-corrected chi connectivity index (χ0v) is 28.7. The molecule has 0 heterocycles. The lowest BCUT2D eigenvalue weighted by Crippen LogP contribution is -2.38. The van der Waals surface area contributed by atoms with E-state index >= 15 is 17.6 Å². The van der Waals surface area contributed by atoms with Gasteiger partial charge >= 0.3 is 5.97 Å². The summed E-state index contributed by atoms with van der Waals surface area (Å²) in [5.74, 6) is -10.3. The summed E-state index contributed by atoms with van der Waals surface area (Å²) >= 11 is 6.07. The Balaban J connectivity index is 1.31. The van der Waals surface area contributed by atoms with Crippen LogP contribution in [0, 0.1) is 37.1 Å². The van der Waals surface area contributed by atoms with Crippen LogP contribution in [0.4, 0.5) is 28.9 Å². The number of aromatic carboxylic acids is 1. The molecule has 0 aromatic heterocycles. The summed E-state index contributed by atoms with van der Waals surface area (Å²) in [6.45, 7) is 3.04. The molecule has 0 atom stereocenters. The molecule has 6 rings (SSSR count). The molecule has 1 amide bonds. The van der Waals surface area contributed by atoms with Crippen molar-refractivity contribution in [3.05, 3.63) is 127 Å². The van der Waals surface area contributed by atoms with E-state index in [1.165, 1.54) is 36.4 Å². The van der Waals surface area contributed by atoms with Gasteiger partial charge in [0.15, 0.2) is 23.3 Å². The molecule has 0 saturated heterocycles. The Hall–Kier alpha value is -4.42. The molecule has 13 heteroatoms. The second-order valence-electron chi connectivity index (χ2n) is 13.0. The Morgan fingerprint density at radius 3 is 2.02 bits per heavy atom. The van der Waals surface area contributed by atoms with E-state index in [9.17, 15) is 23.1 Å². The number of hydrogen-bond acceptors (Lipinski definition) is 4. The fraction of sp³-hybridized carbons (Fsp3) is 0.297. The van der Waals surface area contributed by atoms with E-state index in [4.69, 9.17) is 11.6 Å². The second kappa shape index (κ2) is 13.7. The first-order chi connectivity index (χ1) is 23.6. The third kappa shape index (κ3) is 7.51. The fourth-order valence-electron chi connectivity index (χ4n) is 6.11. The zero-order valence-electron chi connectivity index (χ0n) is 27.1. The van der Waals surface area contributed by atoms with Crippen molar-refractivity contribution in [2.75, 3.05) is 15.4 Å². The number of nitrogens with one attached hydrogen (secondary N) is 1. The molecule has 2 saturated carbocycles. The Labute approximate surface area is 291 Å². The SMILES string of the molecule is Cc1cc(C(=O)O)ccc1N(Cc1cc(C2CC2)cc(C2CC2)c1)C(=O)CS(=O)(=O)Nc1c(F)c(F)c(Cc2cccc(Cl)c2C)c(F)c1F. The van der Waals surface area contributed by atoms with Crippen LogP contribution in [-0.4, -0.2) is 31.2 Å². The topological polar surface area (TPSA) is 104 Å². The highest BCUT2D eigenvalue weighted by molar-refractivity contribution is 7.93. The lowest BCUT2D eigenvalue weighted by molar-refractivity contribution is -0.116. The Bertz CT molecular complexity index is 2090. The van der Waals surface area contributed by atoms with Gasteiger partial charge in [-0.05, 0) is 109 Å². The molecule has 2 fully saturated rings. The number of carbonyl (C=O) groups is 2. The van der Waals surface area contributed by atoms with Gasteiger partial charge in [0.05, 0.1) is 12.1 Å². The number of amides is 1. The number of sulfonamides is 1. The number of aryl methyl sites for hydroxylation is 1. The van der Waals surface area contributed by atoms with Gasteiger partial charge in [-0.15, -0.1) is 0 Å². The maximum Gasteiger partial charge on any atom is 0.335 e. The van der Waals surface area contributed by atoms with E-state index in [1.807, 2.05) is 12.1 Å². The van der Waals surface area contributed by atoms with Crippen LogP contribution in [-0.2, 0) is 27.8 Å². The van der Waals surface area contributed by atoms with Crippen LogP contribution < -0.4 is 9.62 Å². The normalized spacial score (nSPS) is 14.5. The van der Waals surface area contributed by atoms with Crippen molar-refractivity contribution in [1.29, 1.82) is 0 Å². The number of rotatable bonds is 12. The summed E-state index contributed by atoms with van der Waals surface area (Å²) in [7, 11) is -4.97. The Morgan fingerprint density at radius 1 is 0.880 bits per heavy atom. The largest absolute Gasteiger partial charge is 0.478 e. The van der Waals surface area contributed by atoms with Crippen LogP contribution in [0.5, 0.6) is 0 Å². The maximum atomic E-state index is 15.3. The third-order valence-electron chi connectivity index (χ3n) is 9.18. The highest BCUT2D eigenvalue weighted by Gasteiger charge is 2.32. The molecule has 4 aromatic rings. The number of nitrogens with zero attached hydrogens (tertiary/aromatic N) is 1. The average Bonchev–Trinajstić information content (AvgIpc) is 3.98. The summed E-state index contributed by atoms with van der Waals surface area (Å²) in [4.78, 5) is 26.6. The predicted octanol–water partition coefficient (Wildman–Crippen LogP) is 8.53. The van der Waals surface area contributed by atoms with Crippen molar-refractivity contribution in [2.45, 2.75) is 64.3 Å².